The Morgan fingerprint density at radius 2 is 1.80 bits per heavy atom. The van der Waals surface area contributed by atoms with Crippen LogP contribution in [0.25, 0.3) is 11.1 Å². The Kier molecular flexibility index (Phi) is 7.90. The molecule has 44 heavy (non-hydrogen) atoms. The Hall–Kier alpha value is -4.27. The molecular weight excluding hydrogens is 591 g/mol. The molecule has 9 heteroatoms. The first kappa shape index (κ1) is 29.8. The fourth-order valence-electron chi connectivity index (χ4n) is 5.57. The predicted octanol–water partition coefficient (Wildman–Crippen LogP) is 8.54. The van der Waals surface area contributed by atoms with Crippen LogP contribution in [0.3, 0.4) is 0 Å². The molecule has 4 aromatic carbocycles. The molecule has 4 aromatic rings. The Bertz CT molecular complexity index is 1770. The number of nitrogens with zero attached hydrogens (tertiary/aromatic N) is 1. The van der Waals surface area contributed by atoms with Crippen LogP contribution >= 0.6 is 11.6 Å². The van der Waals surface area contributed by atoms with Gasteiger partial charge in [0.05, 0.1) is 11.7 Å². The Morgan fingerprint density at radius 1 is 1.05 bits per heavy atom. The number of allylic oxidation sites excluding steroid dienone is 1. The van der Waals surface area contributed by atoms with E-state index in [1.54, 1.807) is 37.3 Å². The molecule has 2 aliphatic rings. The SMILES string of the molecule is C=C(Cc1c(F)cc(-c2cccc3c2OC(C)(c2ccc(Cl)cc2F)O3)cc1F)N(CC1CCO1)c1cc(C=O)ccc1C. The summed E-state index contributed by atoms with van der Waals surface area (Å²) in [6.07, 6.45) is 1.43. The lowest BCUT2D eigenvalue weighted by Gasteiger charge is -2.36. The van der Waals surface area contributed by atoms with Crippen LogP contribution in [0.2, 0.25) is 5.02 Å². The molecule has 226 valence electrons. The average Bonchev–Trinajstić information content (AvgIpc) is 3.31. The normalized spacial score (nSPS) is 18.5. The zero-order valence-electron chi connectivity index (χ0n) is 24.1. The molecule has 0 N–H and O–H groups in total. The molecule has 0 aliphatic carbocycles. The van der Waals surface area contributed by atoms with Crippen LogP contribution in [0.5, 0.6) is 11.5 Å². The number of aldehydes is 1. The minimum absolute atomic E-state index is 0.0578. The summed E-state index contributed by atoms with van der Waals surface area (Å²) in [7, 11) is 0. The summed E-state index contributed by atoms with van der Waals surface area (Å²) >= 11 is 5.92. The molecule has 2 atom stereocenters. The lowest BCUT2D eigenvalue weighted by Crippen LogP contribution is -2.40. The van der Waals surface area contributed by atoms with Crippen LogP contribution < -0.4 is 14.4 Å². The van der Waals surface area contributed by atoms with Gasteiger partial charge in [-0.25, -0.2) is 13.2 Å². The van der Waals surface area contributed by atoms with Crippen molar-refractivity contribution in [3.8, 4) is 22.6 Å². The number of hydrogen-bond donors (Lipinski definition) is 0. The molecule has 0 aromatic heterocycles. The molecule has 1 saturated heterocycles. The third-order valence-corrected chi connectivity index (χ3v) is 8.29. The van der Waals surface area contributed by atoms with Gasteiger partial charge in [0.25, 0.3) is 5.79 Å². The first-order valence-electron chi connectivity index (χ1n) is 14.1. The van der Waals surface area contributed by atoms with Crippen LogP contribution in [-0.2, 0) is 16.9 Å². The first-order valence-corrected chi connectivity index (χ1v) is 14.5. The van der Waals surface area contributed by atoms with Crippen molar-refractivity contribution in [1.29, 1.82) is 0 Å². The van der Waals surface area contributed by atoms with E-state index in [1.807, 2.05) is 17.9 Å². The summed E-state index contributed by atoms with van der Waals surface area (Å²) in [6.45, 7) is 8.72. The van der Waals surface area contributed by atoms with Gasteiger partial charge in [-0.3, -0.25) is 4.79 Å². The summed E-state index contributed by atoms with van der Waals surface area (Å²) in [5, 5.41) is 0.226. The molecule has 0 spiro atoms. The Morgan fingerprint density at radius 3 is 2.45 bits per heavy atom. The van der Waals surface area contributed by atoms with Crippen LogP contribution in [-0.4, -0.2) is 25.5 Å². The van der Waals surface area contributed by atoms with E-state index in [-0.39, 0.29) is 40.0 Å². The molecule has 0 bridgehead atoms. The number of hydrogen-bond acceptors (Lipinski definition) is 5. The van der Waals surface area contributed by atoms with Gasteiger partial charge in [-0.05, 0) is 66.9 Å². The summed E-state index contributed by atoms with van der Waals surface area (Å²) in [5.74, 6) is -3.11. The van der Waals surface area contributed by atoms with Gasteiger partial charge in [-0.15, -0.1) is 0 Å². The molecule has 1 fully saturated rings. The number of fused-ring (bicyclic) bond motifs is 1. The number of benzene rings is 4. The van der Waals surface area contributed by atoms with Crippen molar-refractivity contribution >= 4 is 23.6 Å². The zero-order valence-corrected chi connectivity index (χ0v) is 24.9. The second-order valence-electron chi connectivity index (χ2n) is 11.1. The number of halogens is 4. The number of carbonyl (C=O) groups is 1. The van der Waals surface area contributed by atoms with Crippen LogP contribution in [0.4, 0.5) is 18.9 Å². The quantitative estimate of drug-likeness (QED) is 0.176. The number of ether oxygens (including phenoxy) is 3. The Labute approximate surface area is 258 Å². The fourth-order valence-corrected chi connectivity index (χ4v) is 5.73. The molecular formula is C35H29ClF3NO4. The summed E-state index contributed by atoms with van der Waals surface area (Å²) in [6, 6.07) is 16.9. The van der Waals surface area contributed by atoms with Gasteiger partial charge in [0.15, 0.2) is 11.5 Å². The van der Waals surface area contributed by atoms with E-state index in [2.05, 4.69) is 6.58 Å². The van der Waals surface area contributed by atoms with Gasteiger partial charge in [-0.1, -0.05) is 42.4 Å². The van der Waals surface area contributed by atoms with Crippen LogP contribution in [0.15, 0.2) is 79.0 Å². The van der Waals surface area contributed by atoms with Crippen molar-refractivity contribution in [2.45, 2.75) is 38.6 Å². The largest absolute Gasteiger partial charge is 0.444 e. The first-order chi connectivity index (χ1) is 21.1. The summed E-state index contributed by atoms with van der Waals surface area (Å²) in [5.41, 5.74) is 3.13. The highest BCUT2D eigenvalue weighted by atomic mass is 35.5. The van der Waals surface area contributed by atoms with Crippen molar-refractivity contribution < 1.29 is 32.2 Å². The van der Waals surface area contributed by atoms with Gasteiger partial charge in [0.2, 0.25) is 0 Å². The van der Waals surface area contributed by atoms with E-state index < -0.39 is 23.2 Å². The molecule has 6 rings (SSSR count). The zero-order chi connectivity index (χ0) is 31.2. The van der Waals surface area contributed by atoms with Crippen molar-refractivity contribution in [3.63, 3.8) is 0 Å². The predicted molar refractivity (Wildman–Crippen MR) is 163 cm³/mol. The van der Waals surface area contributed by atoms with Crippen molar-refractivity contribution in [2.24, 2.45) is 0 Å². The van der Waals surface area contributed by atoms with E-state index >= 15 is 8.78 Å². The van der Waals surface area contributed by atoms with Gasteiger partial charge in [-0.2, -0.15) is 0 Å². The van der Waals surface area contributed by atoms with Crippen molar-refractivity contribution in [2.75, 3.05) is 18.1 Å². The number of carbonyl (C=O) groups excluding carboxylic acids is 1. The summed E-state index contributed by atoms with van der Waals surface area (Å²) < 4.78 is 64.0. The van der Waals surface area contributed by atoms with E-state index in [4.69, 9.17) is 25.8 Å². The smallest absolute Gasteiger partial charge is 0.278 e. The standard InChI is InChI=1S/C35H29ClF3NO4/c1-20-7-8-22(19-41)14-32(20)40(18-25-11-12-42-25)21(2)13-27-29(37)15-23(16-30(27)38)26-5-4-6-33-34(26)44-35(3,43-33)28-10-9-24(36)17-31(28)39/h4-10,14-17,19,25H,2,11-13,18H2,1,3H3. The van der Waals surface area contributed by atoms with Gasteiger partial charge < -0.3 is 19.1 Å². The monoisotopic (exact) mass is 619 g/mol. The maximum absolute atomic E-state index is 15.7. The number of anilines is 1. The molecule has 2 heterocycles. The minimum atomic E-state index is -1.52. The maximum atomic E-state index is 15.7. The van der Waals surface area contributed by atoms with E-state index in [0.29, 0.717) is 35.7 Å². The average molecular weight is 620 g/mol. The lowest BCUT2D eigenvalue weighted by atomic mass is 9.99. The fraction of sp³-hybridized carbons (Fsp3) is 0.229. The summed E-state index contributed by atoms with van der Waals surface area (Å²) in [4.78, 5) is 13.3. The number of rotatable bonds is 9. The second-order valence-corrected chi connectivity index (χ2v) is 11.6. The minimum Gasteiger partial charge on any atom is -0.444 e. The Balaban J connectivity index is 1.30. The third kappa shape index (κ3) is 5.55. The van der Waals surface area contributed by atoms with E-state index in [9.17, 15) is 9.18 Å². The van der Waals surface area contributed by atoms with Gasteiger partial charge >= 0.3 is 0 Å². The third-order valence-electron chi connectivity index (χ3n) is 8.06. The van der Waals surface area contributed by atoms with Gasteiger partial charge in [0.1, 0.15) is 23.7 Å². The number of para-hydroxylation sites is 1. The maximum Gasteiger partial charge on any atom is 0.278 e. The van der Waals surface area contributed by atoms with E-state index in [0.717, 1.165) is 30.0 Å². The molecule has 2 unspecified atom stereocenters. The topological polar surface area (TPSA) is 48.0 Å². The van der Waals surface area contributed by atoms with Crippen molar-refractivity contribution in [1.82, 2.24) is 0 Å². The van der Waals surface area contributed by atoms with Crippen LogP contribution in [0, 0.1) is 24.4 Å². The highest BCUT2D eigenvalue weighted by Gasteiger charge is 2.42. The highest BCUT2D eigenvalue weighted by molar-refractivity contribution is 6.30. The van der Waals surface area contributed by atoms with Crippen molar-refractivity contribution in [3.05, 3.63) is 124 Å². The molecule has 0 amide bonds. The van der Waals surface area contributed by atoms with Crippen LogP contribution in [0.1, 0.15) is 40.4 Å². The lowest BCUT2D eigenvalue weighted by molar-refractivity contribution is -0.0705. The molecule has 2 aliphatic heterocycles. The second kappa shape index (κ2) is 11.7. The van der Waals surface area contributed by atoms with E-state index in [1.165, 1.54) is 24.3 Å². The van der Waals surface area contributed by atoms with Gasteiger partial charge in [0, 0.05) is 59.6 Å². The molecule has 5 nitrogen and oxygen atoms in total. The highest BCUT2D eigenvalue weighted by Crippen LogP contribution is 2.50. The number of aryl methyl sites for hydroxylation is 1. The molecule has 0 saturated carbocycles. The molecule has 0 radical (unpaired) electrons.